The molecule has 0 amide bonds. The maximum absolute atomic E-state index is 11.6. The van der Waals surface area contributed by atoms with E-state index in [1.54, 1.807) is 0 Å². The van der Waals surface area contributed by atoms with Crippen LogP contribution >= 0.6 is 0 Å². The molecule has 1 aliphatic heterocycles. The summed E-state index contributed by atoms with van der Waals surface area (Å²) in [6.45, 7) is -0.0254. The number of rotatable bonds is 1. The lowest BCUT2D eigenvalue weighted by molar-refractivity contribution is -0.157. The fraction of sp³-hybridized carbons (Fsp3) is 0.800. The van der Waals surface area contributed by atoms with Crippen molar-refractivity contribution < 1.29 is 19.4 Å². The topological polar surface area (TPSA) is 63.6 Å². The lowest BCUT2D eigenvalue weighted by Gasteiger charge is -2.35. The summed E-state index contributed by atoms with van der Waals surface area (Å²) in [5.41, 5.74) is -0.690. The van der Waals surface area contributed by atoms with Gasteiger partial charge < -0.3 is 9.84 Å². The summed E-state index contributed by atoms with van der Waals surface area (Å²) in [6.07, 6.45) is 3.63. The molecule has 0 aromatic heterocycles. The van der Waals surface area contributed by atoms with Crippen molar-refractivity contribution in [3.8, 4) is 0 Å². The number of hydrogen-bond acceptors (Lipinski definition) is 4. The van der Waals surface area contributed by atoms with Crippen LogP contribution in [0.15, 0.2) is 0 Å². The number of aliphatic hydroxyl groups excluding tert-OH is 1. The monoisotopic (exact) mass is 198 g/mol. The van der Waals surface area contributed by atoms with Gasteiger partial charge in [0.1, 0.15) is 0 Å². The molecule has 2 unspecified atom stereocenters. The molecule has 2 rings (SSSR count). The maximum Gasteiger partial charge on any atom is 0.320 e. The minimum absolute atomic E-state index is 0.0254. The minimum atomic E-state index is -0.690. The molecule has 4 nitrogen and oxygen atoms in total. The number of ether oxygens (including phenoxy) is 1. The smallest absolute Gasteiger partial charge is 0.320 e. The average Bonchev–Trinajstić information content (AvgIpc) is 2.43. The molecule has 14 heavy (non-hydrogen) atoms. The van der Waals surface area contributed by atoms with Gasteiger partial charge in [-0.15, -0.1) is 0 Å². The third-order valence-electron chi connectivity index (χ3n) is 3.50. The summed E-state index contributed by atoms with van der Waals surface area (Å²) in [7, 11) is 0. The van der Waals surface area contributed by atoms with E-state index < -0.39 is 17.4 Å². The fourth-order valence-electron chi connectivity index (χ4n) is 2.65. The van der Waals surface area contributed by atoms with Gasteiger partial charge in [0.25, 0.3) is 0 Å². The Kier molecular flexibility index (Phi) is 2.31. The summed E-state index contributed by atoms with van der Waals surface area (Å²) >= 11 is 0. The van der Waals surface area contributed by atoms with E-state index in [1.165, 1.54) is 0 Å². The molecule has 2 aliphatic rings. The van der Waals surface area contributed by atoms with Crippen LogP contribution in [0.2, 0.25) is 0 Å². The van der Waals surface area contributed by atoms with Gasteiger partial charge in [-0.25, -0.2) is 0 Å². The number of aliphatic hydroxyl groups is 1. The van der Waals surface area contributed by atoms with E-state index in [-0.39, 0.29) is 18.9 Å². The van der Waals surface area contributed by atoms with Crippen molar-refractivity contribution in [1.82, 2.24) is 0 Å². The highest BCUT2D eigenvalue weighted by Crippen LogP contribution is 2.48. The van der Waals surface area contributed by atoms with E-state index in [0.29, 0.717) is 6.42 Å². The average molecular weight is 198 g/mol. The van der Waals surface area contributed by atoms with Crippen molar-refractivity contribution in [2.45, 2.75) is 32.1 Å². The Morgan fingerprint density at radius 2 is 2.21 bits per heavy atom. The van der Waals surface area contributed by atoms with Crippen LogP contribution in [-0.4, -0.2) is 23.7 Å². The van der Waals surface area contributed by atoms with Gasteiger partial charge in [0.2, 0.25) is 0 Å². The fourth-order valence-corrected chi connectivity index (χ4v) is 2.65. The molecule has 2 fully saturated rings. The molecule has 1 spiro atoms. The molecule has 78 valence electrons. The molecular formula is C10H14O4. The highest BCUT2D eigenvalue weighted by Gasteiger charge is 2.54. The SMILES string of the molecule is O=C1CC2(CCCCC2CO)C(=O)O1. The molecule has 0 radical (unpaired) electrons. The summed E-state index contributed by atoms with van der Waals surface area (Å²) in [5.74, 6) is -0.938. The van der Waals surface area contributed by atoms with Crippen LogP contribution < -0.4 is 0 Å². The number of hydrogen-bond donors (Lipinski definition) is 1. The predicted octanol–water partition coefficient (Wildman–Crippen LogP) is 0.629. The molecule has 1 saturated carbocycles. The third kappa shape index (κ3) is 1.25. The predicted molar refractivity (Wildman–Crippen MR) is 47.2 cm³/mol. The third-order valence-corrected chi connectivity index (χ3v) is 3.50. The molecule has 1 aliphatic carbocycles. The zero-order valence-corrected chi connectivity index (χ0v) is 7.99. The van der Waals surface area contributed by atoms with E-state index >= 15 is 0 Å². The molecule has 4 heteroatoms. The maximum atomic E-state index is 11.6. The van der Waals surface area contributed by atoms with E-state index in [4.69, 9.17) is 0 Å². The number of carbonyl (C=O) groups excluding carboxylic acids is 2. The van der Waals surface area contributed by atoms with Gasteiger partial charge in [0.05, 0.1) is 11.8 Å². The molecule has 1 saturated heterocycles. The first-order valence-corrected chi connectivity index (χ1v) is 5.05. The van der Waals surface area contributed by atoms with Crippen LogP contribution in [0.1, 0.15) is 32.1 Å². The highest BCUT2D eigenvalue weighted by atomic mass is 16.6. The van der Waals surface area contributed by atoms with E-state index in [0.717, 1.165) is 19.3 Å². The van der Waals surface area contributed by atoms with E-state index in [1.807, 2.05) is 0 Å². The first-order valence-electron chi connectivity index (χ1n) is 5.05. The van der Waals surface area contributed by atoms with Crippen molar-refractivity contribution >= 4 is 11.9 Å². The summed E-state index contributed by atoms with van der Waals surface area (Å²) in [5, 5.41) is 9.20. The molecule has 0 bridgehead atoms. The number of cyclic esters (lactones) is 2. The number of esters is 2. The molecular weight excluding hydrogens is 184 g/mol. The molecule has 1 heterocycles. The second kappa shape index (κ2) is 3.35. The largest absolute Gasteiger partial charge is 0.396 e. The first kappa shape index (κ1) is 9.65. The van der Waals surface area contributed by atoms with Gasteiger partial charge in [-0.2, -0.15) is 0 Å². The Morgan fingerprint density at radius 3 is 2.79 bits per heavy atom. The van der Waals surface area contributed by atoms with Crippen molar-refractivity contribution in [1.29, 1.82) is 0 Å². The summed E-state index contributed by atoms with van der Waals surface area (Å²) < 4.78 is 4.60. The van der Waals surface area contributed by atoms with Crippen molar-refractivity contribution in [2.75, 3.05) is 6.61 Å². The van der Waals surface area contributed by atoms with Gasteiger partial charge in [-0.05, 0) is 18.8 Å². The lowest BCUT2D eigenvalue weighted by atomic mass is 9.65. The van der Waals surface area contributed by atoms with Gasteiger partial charge in [0, 0.05) is 6.61 Å². The summed E-state index contributed by atoms with van der Waals surface area (Å²) in [4.78, 5) is 22.6. The van der Waals surface area contributed by atoms with Gasteiger partial charge in [-0.3, -0.25) is 9.59 Å². The molecule has 0 aromatic rings. The van der Waals surface area contributed by atoms with Gasteiger partial charge in [0.15, 0.2) is 0 Å². The Bertz CT molecular complexity index is 273. The summed E-state index contributed by atoms with van der Waals surface area (Å²) in [6, 6.07) is 0. The van der Waals surface area contributed by atoms with Crippen LogP contribution in [-0.2, 0) is 14.3 Å². The Hall–Kier alpha value is -0.900. The Labute approximate surface area is 82.2 Å². The van der Waals surface area contributed by atoms with E-state index in [9.17, 15) is 14.7 Å². The second-order valence-corrected chi connectivity index (χ2v) is 4.22. The van der Waals surface area contributed by atoms with Crippen molar-refractivity contribution in [3.63, 3.8) is 0 Å². The van der Waals surface area contributed by atoms with E-state index in [2.05, 4.69) is 4.74 Å². The molecule has 1 N–H and O–H groups in total. The molecule has 0 aromatic carbocycles. The van der Waals surface area contributed by atoms with Crippen LogP contribution in [0.25, 0.3) is 0 Å². The van der Waals surface area contributed by atoms with Crippen LogP contribution in [0.3, 0.4) is 0 Å². The molecule has 2 atom stereocenters. The Morgan fingerprint density at radius 1 is 1.43 bits per heavy atom. The quantitative estimate of drug-likeness (QED) is 0.495. The van der Waals surface area contributed by atoms with Crippen molar-refractivity contribution in [2.24, 2.45) is 11.3 Å². The Balaban J connectivity index is 2.26. The van der Waals surface area contributed by atoms with Crippen LogP contribution in [0, 0.1) is 11.3 Å². The zero-order valence-electron chi connectivity index (χ0n) is 7.99. The second-order valence-electron chi connectivity index (χ2n) is 4.22. The van der Waals surface area contributed by atoms with Crippen molar-refractivity contribution in [3.05, 3.63) is 0 Å². The first-order chi connectivity index (χ1) is 6.69. The van der Waals surface area contributed by atoms with Crippen LogP contribution in [0.4, 0.5) is 0 Å². The standard InChI is InChI=1S/C10H14O4/c11-6-7-3-1-2-4-10(7)5-8(12)14-9(10)13/h7,11H,1-6H2. The number of carbonyl (C=O) groups is 2. The minimum Gasteiger partial charge on any atom is -0.396 e. The highest BCUT2D eigenvalue weighted by molar-refractivity contribution is 5.97. The van der Waals surface area contributed by atoms with Crippen LogP contribution in [0.5, 0.6) is 0 Å². The lowest BCUT2D eigenvalue weighted by Crippen LogP contribution is -2.39. The van der Waals surface area contributed by atoms with Gasteiger partial charge >= 0.3 is 11.9 Å². The zero-order chi connectivity index (χ0) is 10.2. The van der Waals surface area contributed by atoms with Gasteiger partial charge in [-0.1, -0.05) is 12.8 Å². The normalized spacial score (nSPS) is 37.6.